The van der Waals surface area contributed by atoms with Gasteiger partial charge in [-0.1, -0.05) is 60.0 Å². The Balaban J connectivity index is 0.000000106. The predicted molar refractivity (Wildman–Crippen MR) is 105 cm³/mol. The second kappa shape index (κ2) is 5.66. The zero-order valence-corrected chi connectivity index (χ0v) is 16.2. The number of thiocarbonyl (C=S) groups is 1. The van der Waals surface area contributed by atoms with Crippen molar-refractivity contribution >= 4 is 62.8 Å². The zero-order valence-electron chi connectivity index (χ0n) is 12.1. The molecular formula is C16H16F2S5. The number of hydrogen-bond acceptors (Lipinski definition) is 5. The number of halogens is 2. The lowest BCUT2D eigenvalue weighted by Crippen LogP contribution is -2.19. The van der Waals surface area contributed by atoms with Gasteiger partial charge in [0.25, 0.3) is 0 Å². The van der Waals surface area contributed by atoms with E-state index in [1.807, 2.05) is 23.5 Å². The molecule has 0 aromatic rings. The number of fused-ring (bicyclic) bond motifs is 10. The fraction of sp³-hybridized carbons (Fsp3) is 0.688. The molecule has 0 spiro atoms. The second-order valence-electron chi connectivity index (χ2n) is 6.94. The Kier molecular flexibility index (Phi) is 3.95. The molecule has 23 heavy (non-hydrogen) atoms. The van der Waals surface area contributed by atoms with E-state index in [2.05, 4.69) is 24.3 Å². The van der Waals surface area contributed by atoms with Crippen molar-refractivity contribution < 1.29 is 8.78 Å². The molecule has 4 fully saturated rings. The molecular weight excluding hydrogens is 391 g/mol. The standard InChI is InChI=1S/C8H8F2S2.C8H8S3/c9-8(10)11-6-4-1-2-5(3-4)7(6)12-8;9-8-10-6-4-1-2-5(3-4)7(6)11-8/h1-2,4-7H,3H2;1-2,4-7H,3H2. The lowest BCUT2D eigenvalue weighted by atomic mass is 10.1. The summed E-state index contributed by atoms with van der Waals surface area (Å²) < 4.78 is 24.5. The quantitative estimate of drug-likeness (QED) is 0.375. The molecule has 6 rings (SSSR count). The third kappa shape index (κ3) is 2.68. The highest BCUT2D eigenvalue weighted by atomic mass is 32.2. The van der Waals surface area contributed by atoms with Crippen molar-refractivity contribution in [1.82, 2.24) is 0 Å². The maximum atomic E-state index is 12.9. The van der Waals surface area contributed by atoms with Crippen molar-refractivity contribution in [2.24, 2.45) is 23.7 Å². The van der Waals surface area contributed by atoms with Gasteiger partial charge in [0.2, 0.25) is 0 Å². The van der Waals surface area contributed by atoms with Gasteiger partial charge in [-0.3, -0.25) is 0 Å². The van der Waals surface area contributed by atoms with Crippen LogP contribution in [0.25, 0.3) is 0 Å². The zero-order chi connectivity index (χ0) is 15.8. The Bertz CT molecular complexity index is 559. The summed E-state index contributed by atoms with van der Waals surface area (Å²) in [6.45, 7) is 0. The lowest BCUT2D eigenvalue weighted by molar-refractivity contribution is 0.213. The molecule has 2 saturated heterocycles. The van der Waals surface area contributed by atoms with Crippen LogP contribution in [0.3, 0.4) is 0 Å². The highest BCUT2D eigenvalue weighted by Gasteiger charge is 2.58. The molecule has 8 unspecified atom stereocenters. The van der Waals surface area contributed by atoms with E-state index in [1.165, 1.54) is 9.95 Å². The minimum absolute atomic E-state index is 0.194. The number of hydrogen-bond donors (Lipinski definition) is 0. The number of allylic oxidation sites excluding steroid dienone is 4. The number of alkyl halides is 2. The van der Waals surface area contributed by atoms with E-state index in [-0.39, 0.29) is 10.5 Å². The third-order valence-corrected chi connectivity index (χ3v) is 12.3. The molecule has 4 bridgehead atoms. The van der Waals surface area contributed by atoms with Crippen molar-refractivity contribution in [3.05, 3.63) is 24.3 Å². The Labute approximate surface area is 157 Å². The van der Waals surface area contributed by atoms with E-state index in [1.54, 1.807) is 0 Å². The van der Waals surface area contributed by atoms with Crippen LogP contribution in [0.4, 0.5) is 8.78 Å². The van der Waals surface area contributed by atoms with Crippen molar-refractivity contribution in [3.8, 4) is 0 Å². The number of thioether (sulfide) groups is 4. The van der Waals surface area contributed by atoms with Crippen molar-refractivity contribution in [3.63, 3.8) is 0 Å². The van der Waals surface area contributed by atoms with Gasteiger partial charge in [0.15, 0.2) is 0 Å². The summed E-state index contributed by atoms with van der Waals surface area (Å²) in [5.74, 6) is 2.57. The highest BCUT2D eigenvalue weighted by molar-refractivity contribution is 8.49. The summed E-state index contributed by atoms with van der Waals surface area (Å²) in [7, 11) is 0. The van der Waals surface area contributed by atoms with E-state index in [4.69, 9.17) is 12.2 Å². The van der Waals surface area contributed by atoms with Crippen LogP contribution < -0.4 is 0 Å². The first kappa shape index (κ1) is 16.0. The van der Waals surface area contributed by atoms with E-state index in [0.29, 0.717) is 11.8 Å². The molecule has 0 amide bonds. The van der Waals surface area contributed by atoms with Gasteiger partial charge in [-0.25, -0.2) is 0 Å². The molecule has 8 atom stereocenters. The molecule has 0 nitrogen and oxygen atoms in total. The van der Waals surface area contributed by atoms with Crippen LogP contribution in [-0.2, 0) is 0 Å². The predicted octanol–water partition coefficient (Wildman–Crippen LogP) is 5.65. The van der Waals surface area contributed by atoms with Gasteiger partial charge in [0, 0.05) is 21.0 Å². The van der Waals surface area contributed by atoms with Gasteiger partial charge in [-0.05, 0) is 36.5 Å². The average Bonchev–Trinajstić information content (AvgIpc) is 3.25. The van der Waals surface area contributed by atoms with Gasteiger partial charge >= 0.3 is 4.59 Å². The molecule has 0 aromatic heterocycles. The van der Waals surface area contributed by atoms with Crippen molar-refractivity contribution in [1.29, 1.82) is 0 Å². The Morgan fingerprint density at radius 1 is 0.783 bits per heavy atom. The topological polar surface area (TPSA) is 0 Å². The van der Waals surface area contributed by atoms with Crippen LogP contribution >= 0.6 is 59.3 Å². The van der Waals surface area contributed by atoms with Crippen molar-refractivity contribution in [2.75, 3.05) is 0 Å². The fourth-order valence-electron chi connectivity index (χ4n) is 4.68. The molecule has 2 heterocycles. The first-order valence-corrected chi connectivity index (χ1v) is 11.9. The van der Waals surface area contributed by atoms with Gasteiger partial charge < -0.3 is 0 Å². The smallest absolute Gasteiger partial charge is 0.182 e. The summed E-state index contributed by atoms with van der Waals surface area (Å²) in [6.07, 6.45) is 11.6. The third-order valence-electron chi connectivity index (χ3n) is 5.65. The summed E-state index contributed by atoms with van der Waals surface area (Å²) >= 11 is 10.8. The SMILES string of the molecule is FC1(F)SC2C3C=CC(C3)C2S1.S=C1SC2C3C=CC(C3)C2S1. The summed E-state index contributed by atoms with van der Waals surface area (Å²) in [4.78, 5) is 0. The van der Waals surface area contributed by atoms with Gasteiger partial charge in [-0.2, -0.15) is 8.78 Å². The molecule has 7 heteroatoms. The summed E-state index contributed by atoms with van der Waals surface area (Å²) in [6, 6.07) is 0. The van der Waals surface area contributed by atoms with Crippen LogP contribution in [0.1, 0.15) is 12.8 Å². The van der Waals surface area contributed by atoms with Crippen LogP contribution in [0.15, 0.2) is 24.3 Å². The van der Waals surface area contributed by atoms with Crippen LogP contribution in [-0.4, -0.2) is 29.1 Å². The van der Waals surface area contributed by atoms with Crippen molar-refractivity contribution in [2.45, 2.75) is 38.4 Å². The molecule has 0 radical (unpaired) electrons. The maximum absolute atomic E-state index is 12.9. The maximum Gasteiger partial charge on any atom is 0.342 e. The number of rotatable bonds is 0. The molecule has 0 N–H and O–H groups in total. The van der Waals surface area contributed by atoms with Gasteiger partial charge in [0.05, 0.1) is 0 Å². The molecule has 6 aliphatic rings. The summed E-state index contributed by atoms with van der Waals surface area (Å²) in [5.41, 5.74) is 0. The van der Waals surface area contributed by atoms with Crippen LogP contribution in [0.5, 0.6) is 0 Å². The average molecular weight is 407 g/mol. The summed E-state index contributed by atoms with van der Waals surface area (Å²) in [5, 5.41) is 2.06. The van der Waals surface area contributed by atoms with E-state index >= 15 is 0 Å². The lowest BCUT2D eigenvalue weighted by Gasteiger charge is -2.16. The normalized spacial score (nSPS) is 52.7. The molecule has 0 aromatic carbocycles. The van der Waals surface area contributed by atoms with E-state index in [0.717, 1.165) is 52.3 Å². The fourth-order valence-corrected chi connectivity index (χ4v) is 11.7. The monoisotopic (exact) mass is 406 g/mol. The first-order valence-electron chi connectivity index (χ1n) is 7.97. The van der Waals surface area contributed by atoms with Gasteiger partial charge in [0.1, 0.15) is 3.53 Å². The van der Waals surface area contributed by atoms with Crippen LogP contribution in [0.2, 0.25) is 0 Å². The molecule has 4 aliphatic carbocycles. The largest absolute Gasteiger partial charge is 0.342 e. The molecule has 2 aliphatic heterocycles. The molecule has 2 saturated carbocycles. The minimum Gasteiger partial charge on any atom is -0.182 e. The second-order valence-corrected chi connectivity index (χ2v) is 13.3. The first-order chi connectivity index (χ1) is 11.0. The minimum atomic E-state index is -2.52. The Morgan fingerprint density at radius 3 is 1.61 bits per heavy atom. The van der Waals surface area contributed by atoms with E-state index < -0.39 is 4.59 Å². The molecule has 124 valence electrons. The van der Waals surface area contributed by atoms with Gasteiger partial charge in [-0.15, -0.1) is 23.5 Å². The Morgan fingerprint density at radius 2 is 1.17 bits per heavy atom. The Hall–Kier alpha value is 0.830. The van der Waals surface area contributed by atoms with Crippen LogP contribution in [0, 0.1) is 23.7 Å². The highest BCUT2D eigenvalue weighted by Crippen LogP contribution is 2.64. The van der Waals surface area contributed by atoms with E-state index in [9.17, 15) is 8.78 Å².